The van der Waals surface area contributed by atoms with Crippen molar-refractivity contribution < 1.29 is 39.0 Å². The monoisotopic (exact) mass is 724 g/mol. The smallest absolute Gasteiger partial charge is 0.327 e. The van der Waals surface area contributed by atoms with Crippen molar-refractivity contribution in [1.29, 1.82) is 0 Å². The number of nitrogens with zero attached hydrogens (tertiary/aromatic N) is 2. The second kappa shape index (κ2) is 20.1. The van der Waals surface area contributed by atoms with Crippen molar-refractivity contribution in [1.82, 2.24) is 9.80 Å². The first kappa shape index (κ1) is 37.1. The molecule has 11 heteroatoms. The first-order valence-corrected chi connectivity index (χ1v) is 19.0. The number of carbonyl (C=O) groups is 6. The largest absolute Gasteiger partial charge is 0.480 e. The summed E-state index contributed by atoms with van der Waals surface area (Å²) in [6.07, 6.45) is 10.4. The van der Waals surface area contributed by atoms with E-state index in [0.29, 0.717) is 0 Å². The summed E-state index contributed by atoms with van der Waals surface area (Å²) in [5.41, 5.74) is 1.52. The molecule has 0 saturated heterocycles. The van der Waals surface area contributed by atoms with Gasteiger partial charge in [-0.2, -0.15) is 0 Å². The molecule has 2 atom stereocenters. The van der Waals surface area contributed by atoms with Gasteiger partial charge in [0.2, 0.25) is 0 Å². The molecule has 2 heterocycles. The van der Waals surface area contributed by atoms with E-state index >= 15 is 0 Å². The van der Waals surface area contributed by atoms with Crippen LogP contribution >= 0.6 is 0 Å². The zero-order valence-electron chi connectivity index (χ0n) is 25.6. The Kier molecular flexibility index (Phi) is 16.6. The van der Waals surface area contributed by atoms with Crippen molar-refractivity contribution in [3.8, 4) is 0 Å². The number of amides is 4. The molecule has 0 spiro atoms. The topological polar surface area (TPSA) is 149 Å². The molecular weight excluding hydrogens is 683 g/mol. The Labute approximate surface area is 274 Å². The summed E-state index contributed by atoms with van der Waals surface area (Å²) in [5, 5.41) is 18.3. The van der Waals surface area contributed by atoms with Gasteiger partial charge >= 0.3 is 81.5 Å². The summed E-state index contributed by atoms with van der Waals surface area (Å²) in [4.78, 5) is 69.9. The van der Waals surface area contributed by atoms with E-state index in [0.717, 1.165) is 45.2 Å². The minimum absolute atomic E-state index is 0.106. The maximum Gasteiger partial charge on any atom is 0.327 e. The van der Waals surface area contributed by atoms with Crippen LogP contribution in [0.2, 0.25) is 8.87 Å². The van der Waals surface area contributed by atoms with Gasteiger partial charge in [-0.15, -0.1) is 0 Å². The van der Waals surface area contributed by atoms with Crippen LogP contribution in [-0.2, 0) is 41.6 Å². The van der Waals surface area contributed by atoms with E-state index in [-0.39, 0.29) is 34.0 Å². The van der Waals surface area contributed by atoms with E-state index in [1.54, 1.807) is 57.4 Å². The number of hydrogen-bond acceptors (Lipinski definition) is 6. The van der Waals surface area contributed by atoms with Gasteiger partial charge in [0.15, 0.2) is 0 Å². The molecule has 2 unspecified atom stereocenters. The quantitative estimate of drug-likeness (QED) is 0.166. The summed E-state index contributed by atoms with van der Waals surface area (Å²) in [7, 11) is 0. The number of benzene rings is 2. The average molecular weight is 723 g/mol. The summed E-state index contributed by atoms with van der Waals surface area (Å²) in [6, 6.07) is 15.4. The van der Waals surface area contributed by atoms with E-state index in [4.69, 9.17) is 10.2 Å². The van der Waals surface area contributed by atoms with Gasteiger partial charge < -0.3 is 10.2 Å². The third kappa shape index (κ3) is 12.5. The minimum atomic E-state index is -1.19. The van der Waals surface area contributed by atoms with Crippen molar-refractivity contribution in [3.63, 3.8) is 0 Å². The molecule has 0 saturated carbocycles. The third-order valence-electron chi connectivity index (χ3n) is 6.84. The molecule has 2 aromatic carbocycles. The molecule has 2 N–H and O–H groups in total. The Morgan fingerprint density at radius 2 is 0.911 bits per heavy atom. The van der Waals surface area contributed by atoms with E-state index in [9.17, 15) is 28.8 Å². The second-order valence-corrected chi connectivity index (χ2v) is 14.6. The molecule has 4 amide bonds. The molecule has 2 aliphatic rings. The van der Waals surface area contributed by atoms with Crippen LogP contribution in [0.15, 0.2) is 85.0 Å². The first-order chi connectivity index (χ1) is 21.6. The predicted octanol–water partition coefficient (Wildman–Crippen LogP) is 4.34. The molecule has 2 radical (unpaired) electrons. The predicted molar refractivity (Wildman–Crippen MR) is 170 cm³/mol. The number of carboxylic acids is 2. The van der Waals surface area contributed by atoms with Crippen molar-refractivity contribution in [2.75, 3.05) is 0 Å². The molecule has 45 heavy (non-hydrogen) atoms. The Morgan fingerprint density at radius 1 is 0.600 bits per heavy atom. The number of carboxylic acid groups (broad SMARTS) is 2. The molecule has 0 fully saturated rings. The fourth-order valence-electron chi connectivity index (χ4n) is 4.42. The number of rotatable bonds is 14. The maximum atomic E-state index is 11.5. The first-order valence-electron chi connectivity index (χ1n) is 14.9. The van der Waals surface area contributed by atoms with Gasteiger partial charge in [-0.3, -0.25) is 29.0 Å². The van der Waals surface area contributed by atoms with Crippen LogP contribution in [0.3, 0.4) is 0 Å². The molecule has 2 aliphatic heterocycles. The van der Waals surface area contributed by atoms with Crippen LogP contribution < -0.4 is 0 Å². The third-order valence-corrected chi connectivity index (χ3v) is 10.9. The fraction of sp³-hybridized carbons (Fsp3) is 0.353. The summed E-state index contributed by atoms with van der Waals surface area (Å²) in [6.45, 7) is 4.58. The molecular formula is C34H40N2O8Sn. The van der Waals surface area contributed by atoms with Gasteiger partial charge in [0, 0.05) is 37.1 Å². The normalized spacial score (nSPS) is 14.9. The van der Waals surface area contributed by atoms with Crippen molar-refractivity contribution in [2.24, 2.45) is 0 Å². The van der Waals surface area contributed by atoms with Gasteiger partial charge in [-0.1, -0.05) is 60.7 Å². The Morgan fingerprint density at radius 3 is 1.18 bits per heavy atom. The standard InChI is InChI=1S/2C13H11NO4.2C4H9.Sn/c2*15-11-6-7-12(16)14(11)10(13(17)18)8-9-4-2-1-3-5-9;2*1-3-4-2;/h2*1-7,10H,8H2,(H,17,18);2*1,3-4H2,2H3;. The van der Waals surface area contributed by atoms with E-state index < -0.39 is 47.7 Å². The van der Waals surface area contributed by atoms with Crippen LogP contribution in [0.4, 0.5) is 0 Å². The number of carbonyl (C=O) groups excluding carboxylic acids is 4. The van der Waals surface area contributed by atoms with Crippen LogP contribution in [-0.4, -0.2) is 88.8 Å². The van der Waals surface area contributed by atoms with Crippen LogP contribution in [0.5, 0.6) is 0 Å². The minimum Gasteiger partial charge on any atom is -0.480 e. The second-order valence-electron chi connectivity index (χ2n) is 10.3. The van der Waals surface area contributed by atoms with Gasteiger partial charge in [0.05, 0.1) is 0 Å². The average Bonchev–Trinajstić information content (AvgIpc) is 3.54. The SMILES string of the molecule is CCC[CH2][Sn][CH2]CCC.O=C(O)C(Cc1ccccc1)N1C(=O)C=CC1=O.O=C(O)C(Cc1ccccc1)N1C(=O)C=CC1=O. The molecule has 0 bridgehead atoms. The molecule has 10 nitrogen and oxygen atoms in total. The number of imide groups is 2. The Hall–Kier alpha value is -4.06. The van der Waals surface area contributed by atoms with Gasteiger partial charge in [0.25, 0.3) is 23.6 Å². The van der Waals surface area contributed by atoms with Crippen LogP contribution in [0.25, 0.3) is 0 Å². The summed E-state index contributed by atoms with van der Waals surface area (Å²) in [5.74, 6) is -4.70. The van der Waals surface area contributed by atoms with Gasteiger partial charge in [-0.25, -0.2) is 9.59 Å². The van der Waals surface area contributed by atoms with E-state index in [1.165, 1.54) is 25.7 Å². The zero-order valence-corrected chi connectivity index (χ0v) is 28.5. The van der Waals surface area contributed by atoms with Gasteiger partial charge in [0.1, 0.15) is 12.1 Å². The van der Waals surface area contributed by atoms with Gasteiger partial charge in [-0.05, 0) is 11.1 Å². The molecule has 238 valence electrons. The Balaban J connectivity index is 0.000000250. The van der Waals surface area contributed by atoms with E-state index in [2.05, 4.69) is 13.8 Å². The Bertz CT molecular complexity index is 1220. The number of unbranched alkanes of at least 4 members (excludes halogenated alkanes) is 2. The molecule has 0 aromatic heterocycles. The van der Waals surface area contributed by atoms with Crippen LogP contribution in [0, 0.1) is 0 Å². The van der Waals surface area contributed by atoms with E-state index in [1.807, 2.05) is 12.1 Å². The molecule has 0 aliphatic carbocycles. The molecule has 4 rings (SSSR count). The molecule has 2 aromatic rings. The van der Waals surface area contributed by atoms with Crippen molar-refractivity contribution in [2.45, 2.75) is 73.3 Å². The van der Waals surface area contributed by atoms with Crippen molar-refractivity contribution in [3.05, 3.63) is 96.1 Å². The fourth-order valence-corrected chi connectivity index (χ4v) is 8.58. The summed E-state index contributed by atoms with van der Waals surface area (Å²) >= 11 is 0.149. The maximum absolute atomic E-state index is 11.5. The summed E-state index contributed by atoms with van der Waals surface area (Å²) < 4.78 is 3.25. The zero-order chi connectivity index (χ0) is 33.2. The van der Waals surface area contributed by atoms with Crippen LogP contribution in [0.1, 0.15) is 50.7 Å². The number of aliphatic carboxylic acids is 2. The van der Waals surface area contributed by atoms with Crippen molar-refractivity contribution >= 4 is 56.7 Å². The number of hydrogen-bond donors (Lipinski definition) is 2.